The molecule has 0 radical (unpaired) electrons. The monoisotopic (exact) mass is 483 g/mol. The highest BCUT2D eigenvalue weighted by atomic mass is 16.5. The zero-order valence-electron chi connectivity index (χ0n) is 21.3. The highest BCUT2D eigenvalue weighted by molar-refractivity contribution is 6.09. The number of aliphatic imine (C=N–C) groups is 1. The van der Waals surface area contributed by atoms with Gasteiger partial charge in [-0.2, -0.15) is 0 Å². The van der Waals surface area contributed by atoms with E-state index in [1.54, 1.807) is 0 Å². The topological polar surface area (TPSA) is 96.9 Å². The third-order valence-electron chi connectivity index (χ3n) is 7.08. The zero-order chi connectivity index (χ0) is 25.0. The molecule has 2 N–H and O–H groups in total. The van der Waals surface area contributed by atoms with E-state index in [2.05, 4.69) is 22.5 Å². The highest BCUT2D eigenvalue weighted by Gasteiger charge is 2.39. The van der Waals surface area contributed by atoms with Crippen LogP contribution in [0.2, 0.25) is 0 Å². The molecule has 2 aliphatic rings. The second-order valence-corrected chi connectivity index (χ2v) is 9.83. The van der Waals surface area contributed by atoms with E-state index in [0.717, 1.165) is 31.2 Å². The van der Waals surface area contributed by atoms with E-state index in [1.807, 2.05) is 31.2 Å². The van der Waals surface area contributed by atoms with E-state index in [9.17, 15) is 14.4 Å². The predicted octanol–water partition coefficient (Wildman–Crippen LogP) is 6.34. The van der Waals surface area contributed by atoms with Crippen LogP contribution in [0, 0.1) is 11.8 Å². The Balaban J connectivity index is 1.62. The molecule has 192 valence electrons. The number of nitrogens with one attached hydrogen (secondary N) is 2. The molecule has 2 unspecified atom stereocenters. The van der Waals surface area contributed by atoms with Gasteiger partial charge in [-0.25, -0.2) is 9.79 Å². The molecule has 1 fully saturated rings. The lowest BCUT2D eigenvalue weighted by atomic mass is 9.86. The third kappa shape index (κ3) is 8.18. The minimum absolute atomic E-state index is 0.00443. The number of benzene rings is 1. The summed E-state index contributed by atoms with van der Waals surface area (Å²) in [6, 6.07) is 6.35. The molecule has 2 atom stereocenters. The lowest BCUT2D eigenvalue weighted by molar-refractivity contribution is -0.148. The second-order valence-electron chi connectivity index (χ2n) is 9.83. The summed E-state index contributed by atoms with van der Waals surface area (Å²) in [5, 5.41) is 5.80. The highest BCUT2D eigenvalue weighted by Crippen LogP contribution is 2.31. The number of esters is 1. The molecule has 1 aromatic rings. The van der Waals surface area contributed by atoms with Gasteiger partial charge in [0.25, 0.3) is 0 Å². The van der Waals surface area contributed by atoms with Crippen molar-refractivity contribution in [2.24, 2.45) is 16.8 Å². The minimum atomic E-state index is -0.648. The number of rotatable bonds is 12. The van der Waals surface area contributed by atoms with Gasteiger partial charge in [0.2, 0.25) is 5.91 Å². The summed E-state index contributed by atoms with van der Waals surface area (Å²) in [6.07, 6.45) is 12.4. The van der Waals surface area contributed by atoms with Gasteiger partial charge in [0, 0.05) is 17.8 Å². The molecule has 7 nitrogen and oxygen atoms in total. The standard InChI is InChI=1S/C28H41N3O4/c1-3-5-6-7-11-14-24(32)29-22-17-15-21(16-18-22)26-25(23(4-2)30-28(34)31-26)27(33)35-19-20-12-9-8-10-13-20/h15-18,20,25-26H,3-14,19H2,1-2H3,(H,29,32)(H,31,34). The van der Waals surface area contributed by atoms with Gasteiger partial charge >= 0.3 is 12.0 Å². The SMILES string of the molecule is CCCCCCCC(=O)Nc1ccc(C2NC(=O)N=C(CC)C2C(=O)OCC2CCCCC2)cc1. The molecule has 0 spiro atoms. The molecule has 0 bridgehead atoms. The summed E-state index contributed by atoms with van der Waals surface area (Å²) >= 11 is 0. The Labute approximate surface area is 209 Å². The lowest BCUT2D eigenvalue weighted by Gasteiger charge is -2.31. The van der Waals surface area contributed by atoms with Crippen molar-refractivity contribution in [3.8, 4) is 0 Å². The number of anilines is 1. The fourth-order valence-corrected chi connectivity index (χ4v) is 5.02. The van der Waals surface area contributed by atoms with E-state index >= 15 is 0 Å². The number of carbonyl (C=O) groups is 3. The van der Waals surface area contributed by atoms with E-state index in [-0.39, 0.29) is 11.9 Å². The predicted molar refractivity (Wildman–Crippen MR) is 138 cm³/mol. The molecule has 35 heavy (non-hydrogen) atoms. The van der Waals surface area contributed by atoms with Gasteiger partial charge in [0.15, 0.2) is 0 Å². The van der Waals surface area contributed by atoms with Gasteiger partial charge in [0.05, 0.1) is 12.6 Å². The second kappa shape index (κ2) is 14.0. The molecule has 7 heteroatoms. The van der Waals surface area contributed by atoms with Crippen LogP contribution in [-0.2, 0) is 14.3 Å². The molecular weight excluding hydrogens is 442 g/mol. The van der Waals surface area contributed by atoms with Crippen LogP contribution in [0.15, 0.2) is 29.3 Å². The smallest absolute Gasteiger partial charge is 0.341 e. The molecule has 3 rings (SSSR count). The van der Waals surface area contributed by atoms with E-state index in [0.29, 0.717) is 36.8 Å². The third-order valence-corrected chi connectivity index (χ3v) is 7.08. The Morgan fingerprint density at radius 1 is 1.03 bits per heavy atom. The quantitative estimate of drug-likeness (QED) is 0.268. The van der Waals surface area contributed by atoms with Gasteiger partial charge in [-0.1, -0.05) is 70.9 Å². The Morgan fingerprint density at radius 2 is 1.74 bits per heavy atom. The Bertz CT molecular complexity index is 875. The average molecular weight is 484 g/mol. The van der Waals surface area contributed by atoms with Gasteiger partial charge < -0.3 is 15.4 Å². The molecule has 1 saturated carbocycles. The van der Waals surface area contributed by atoms with Crippen LogP contribution in [0.4, 0.5) is 10.5 Å². The number of amides is 3. The first kappa shape index (κ1) is 26.9. The minimum Gasteiger partial charge on any atom is -0.465 e. The number of hydrogen-bond acceptors (Lipinski definition) is 4. The van der Waals surface area contributed by atoms with E-state index < -0.39 is 18.0 Å². The maximum Gasteiger partial charge on any atom is 0.341 e. The van der Waals surface area contributed by atoms with E-state index in [4.69, 9.17) is 4.74 Å². The summed E-state index contributed by atoms with van der Waals surface area (Å²) in [4.78, 5) is 41.8. The van der Waals surface area contributed by atoms with Crippen LogP contribution in [0.5, 0.6) is 0 Å². The number of nitrogens with zero attached hydrogens (tertiary/aromatic N) is 1. The first-order valence-corrected chi connectivity index (χ1v) is 13.5. The van der Waals surface area contributed by atoms with Crippen molar-refractivity contribution in [2.75, 3.05) is 11.9 Å². The molecule has 1 aliphatic heterocycles. The molecule has 1 aromatic carbocycles. The van der Waals surface area contributed by atoms with Gasteiger partial charge in [-0.15, -0.1) is 0 Å². The van der Waals surface area contributed by atoms with Crippen molar-refractivity contribution < 1.29 is 19.1 Å². The van der Waals surface area contributed by atoms with Crippen molar-refractivity contribution >= 4 is 29.3 Å². The number of urea groups is 1. The number of unbranched alkanes of at least 4 members (excludes halogenated alkanes) is 4. The van der Waals surface area contributed by atoms with Crippen molar-refractivity contribution in [1.29, 1.82) is 0 Å². The van der Waals surface area contributed by atoms with Gasteiger partial charge in [-0.05, 0) is 49.3 Å². The normalized spacial score (nSPS) is 20.6. The maximum absolute atomic E-state index is 13.2. The first-order valence-electron chi connectivity index (χ1n) is 13.5. The molecular formula is C28H41N3O4. The number of carbonyl (C=O) groups excluding carboxylic acids is 3. The van der Waals surface area contributed by atoms with Crippen molar-refractivity contribution in [3.05, 3.63) is 29.8 Å². The van der Waals surface area contributed by atoms with E-state index in [1.165, 1.54) is 38.5 Å². The fraction of sp³-hybridized carbons (Fsp3) is 0.643. The molecule has 0 saturated heterocycles. The van der Waals surface area contributed by atoms with Crippen LogP contribution in [0.1, 0.15) is 103 Å². The summed E-state index contributed by atoms with van der Waals surface area (Å²) in [5.74, 6) is -0.558. The molecule has 1 aliphatic carbocycles. The number of hydrogen-bond donors (Lipinski definition) is 2. The van der Waals surface area contributed by atoms with Crippen LogP contribution in [0.25, 0.3) is 0 Å². The van der Waals surface area contributed by atoms with Crippen LogP contribution in [-0.4, -0.2) is 30.2 Å². The van der Waals surface area contributed by atoms with Crippen molar-refractivity contribution in [1.82, 2.24) is 5.32 Å². The van der Waals surface area contributed by atoms with Crippen molar-refractivity contribution in [2.45, 2.75) is 96.9 Å². The average Bonchev–Trinajstić information content (AvgIpc) is 2.87. The van der Waals surface area contributed by atoms with Crippen molar-refractivity contribution in [3.63, 3.8) is 0 Å². The Hall–Kier alpha value is -2.70. The zero-order valence-corrected chi connectivity index (χ0v) is 21.3. The number of ether oxygens (including phenoxy) is 1. The first-order chi connectivity index (χ1) is 17.0. The summed E-state index contributed by atoms with van der Waals surface area (Å²) in [6.45, 7) is 4.50. The molecule has 3 amide bonds. The maximum atomic E-state index is 13.2. The molecule has 1 heterocycles. The summed E-state index contributed by atoms with van der Waals surface area (Å²) in [5.41, 5.74) is 2.04. The molecule has 0 aromatic heterocycles. The Kier molecular flexibility index (Phi) is 10.8. The van der Waals surface area contributed by atoms with Crippen LogP contribution < -0.4 is 10.6 Å². The summed E-state index contributed by atoms with van der Waals surface area (Å²) < 4.78 is 5.75. The van der Waals surface area contributed by atoms with Crippen LogP contribution >= 0.6 is 0 Å². The van der Waals surface area contributed by atoms with Gasteiger partial charge in [0.1, 0.15) is 5.92 Å². The summed E-state index contributed by atoms with van der Waals surface area (Å²) in [7, 11) is 0. The lowest BCUT2D eigenvalue weighted by Crippen LogP contribution is -2.45. The van der Waals surface area contributed by atoms with Gasteiger partial charge in [-0.3, -0.25) is 9.59 Å². The Morgan fingerprint density at radius 3 is 2.43 bits per heavy atom. The van der Waals surface area contributed by atoms with Crippen LogP contribution in [0.3, 0.4) is 0 Å². The fourth-order valence-electron chi connectivity index (χ4n) is 5.02. The largest absolute Gasteiger partial charge is 0.465 e.